The Labute approximate surface area is 246 Å². The molecule has 6 rings (SSSR count). The molecule has 1 saturated heterocycles. The van der Waals surface area contributed by atoms with Crippen molar-refractivity contribution >= 4 is 5.78 Å². The molecule has 42 heavy (non-hydrogen) atoms. The molecular weight excluding hydrogens is 524 g/mol. The Morgan fingerprint density at radius 1 is 0.857 bits per heavy atom. The van der Waals surface area contributed by atoms with Gasteiger partial charge in [-0.2, -0.15) is 0 Å². The molecule has 0 aliphatic carbocycles. The van der Waals surface area contributed by atoms with Crippen molar-refractivity contribution in [2.75, 3.05) is 6.61 Å². The highest BCUT2D eigenvalue weighted by atomic mass is 16.7. The Bertz CT molecular complexity index is 1510. The maximum atomic E-state index is 14.2. The van der Waals surface area contributed by atoms with Crippen LogP contribution in [-0.2, 0) is 26.4 Å². The summed E-state index contributed by atoms with van der Waals surface area (Å²) in [6.45, 7) is 4.20. The van der Waals surface area contributed by atoms with E-state index in [1.54, 1.807) is 6.33 Å². The van der Waals surface area contributed by atoms with Gasteiger partial charge in [-0.05, 0) is 36.1 Å². The molecule has 0 N–H and O–H groups in total. The lowest BCUT2D eigenvalue weighted by atomic mass is 9.77. The lowest BCUT2D eigenvalue weighted by molar-refractivity contribution is -0.152. The maximum absolute atomic E-state index is 14.2. The lowest BCUT2D eigenvalue weighted by Gasteiger charge is -2.37. The number of ether oxygens (including phenoxy) is 3. The molecule has 0 spiro atoms. The van der Waals surface area contributed by atoms with E-state index in [-0.39, 0.29) is 19.0 Å². The number of ketones is 1. The Balaban J connectivity index is 1.43. The number of hydrogen-bond donors (Lipinski definition) is 0. The first-order valence-corrected chi connectivity index (χ1v) is 14.2. The number of aromatic nitrogens is 2. The van der Waals surface area contributed by atoms with Gasteiger partial charge in [-0.25, -0.2) is 4.98 Å². The third kappa shape index (κ3) is 5.44. The molecule has 0 bridgehead atoms. The number of Topliss-reactive ketones (excluding diaryl/α,β-unsaturated/α-hetero) is 1. The fraction of sp³-hybridized carbons (Fsp3) is 0.222. The topological polar surface area (TPSA) is 62.6 Å². The van der Waals surface area contributed by atoms with Gasteiger partial charge in [0.25, 0.3) is 0 Å². The van der Waals surface area contributed by atoms with Crippen molar-refractivity contribution in [3.05, 3.63) is 162 Å². The zero-order valence-corrected chi connectivity index (χ0v) is 23.8. The molecule has 2 atom stereocenters. The second-order valence-corrected chi connectivity index (χ2v) is 10.9. The highest BCUT2D eigenvalue weighted by Crippen LogP contribution is 2.41. The van der Waals surface area contributed by atoms with Gasteiger partial charge in [-0.3, -0.25) is 4.79 Å². The Kier molecular flexibility index (Phi) is 7.85. The van der Waals surface area contributed by atoms with Gasteiger partial charge in [0.2, 0.25) is 5.78 Å². The molecule has 1 fully saturated rings. The highest BCUT2D eigenvalue weighted by molar-refractivity contribution is 5.98. The molecule has 4 aromatic carbocycles. The van der Waals surface area contributed by atoms with Crippen LogP contribution in [0.15, 0.2) is 134 Å². The van der Waals surface area contributed by atoms with Crippen molar-refractivity contribution in [1.82, 2.24) is 9.55 Å². The number of imidazole rings is 1. The number of carbonyl (C=O) groups is 1. The van der Waals surface area contributed by atoms with Crippen LogP contribution in [0.4, 0.5) is 0 Å². The lowest BCUT2D eigenvalue weighted by Crippen LogP contribution is -2.40. The van der Waals surface area contributed by atoms with Gasteiger partial charge in [0.05, 0.1) is 19.5 Å². The third-order valence-corrected chi connectivity index (χ3v) is 7.70. The van der Waals surface area contributed by atoms with Crippen LogP contribution in [0, 0.1) is 0 Å². The average Bonchev–Trinajstić information content (AvgIpc) is 3.67. The van der Waals surface area contributed by atoms with Crippen LogP contribution in [0.3, 0.4) is 0 Å². The standard InChI is InChI=1S/C36H34N2O4/c1-35(2)41-25-32(42-35)34(40-24-27-15-7-3-8-16-27)33(39)31-23-38(26-37-31)36(28-17-9-4-10-18-28,29-19-11-5-12-20-29)30-21-13-6-14-22-30/h3-23,26,32,34H,24-25H2,1-2H3/t32-,34+/m0/s1. The predicted octanol–water partition coefficient (Wildman–Crippen LogP) is 6.64. The number of carbonyl (C=O) groups excluding carboxylic acids is 1. The smallest absolute Gasteiger partial charge is 0.214 e. The van der Waals surface area contributed by atoms with Gasteiger partial charge < -0.3 is 18.8 Å². The molecule has 6 nitrogen and oxygen atoms in total. The molecule has 0 radical (unpaired) electrons. The van der Waals surface area contributed by atoms with E-state index in [1.807, 2.05) is 110 Å². The quantitative estimate of drug-likeness (QED) is 0.142. The summed E-state index contributed by atoms with van der Waals surface area (Å²) in [5.41, 5.74) is 3.63. The number of hydrogen-bond acceptors (Lipinski definition) is 5. The minimum atomic E-state index is -0.894. The summed E-state index contributed by atoms with van der Waals surface area (Å²) in [4.78, 5) is 18.9. The van der Waals surface area contributed by atoms with E-state index in [1.165, 1.54) is 0 Å². The summed E-state index contributed by atoms with van der Waals surface area (Å²) in [5.74, 6) is -1.05. The predicted molar refractivity (Wildman–Crippen MR) is 161 cm³/mol. The SMILES string of the molecule is CC1(C)OC[C@@H]([C@@H](OCc2ccccc2)C(=O)c2cn(C(c3ccccc3)(c3ccccc3)c3ccccc3)cn2)O1. The van der Waals surface area contributed by atoms with Gasteiger partial charge in [0, 0.05) is 6.20 Å². The Hall–Kier alpha value is -4.36. The zero-order valence-electron chi connectivity index (χ0n) is 23.8. The molecule has 212 valence electrons. The van der Waals surface area contributed by atoms with E-state index >= 15 is 0 Å². The van der Waals surface area contributed by atoms with Crippen LogP contribution in [0.2, 0.25) is 0 Å². The fourth-order valence-corrected chi connectivity index (χ4v) is 5.74. The monoisotopic (exact) mass is 558 g/mol. The van der Waals surface area contributed by atoms with E-state index in [4.69, 9.17) is 14.2 Å². The summed E-state index contributed by atoms with van der Waals surface area (Å²) >= 11 is 0. The van der Waals surface area contributed by atoms with Crippen LogP contribution >= 0.6 is 0 Å². The van der Waals surface area contributed by atoms with Crippen LogP contribution < -0.4 is 0 Å². The van der Waals surface area contributed by atoms with Gasteiger partial charge in [-0.15, -0.1) is 0 Å². The van der Waals surface area contributed by atoms with Gasteiger partial charge in [-0.1, -0.05) is 121 Å². The van der Waals surface area contributed by atoms with Crippen molar-refractivity contribution in [2.45, 2.75) is 44.0 Å². The molecule has 5 aromatic rings. The van der Waals surface area contributed by atoms with Crippen LogP contribution in [0.1, 0.15) is 46.6 Å². The zero-order chi connectivity index (χ0) is 29.0. The molecule has 1 aliphatic heterocycles. The Morgan fingerprint density at radius 3 is 1.83 bits per heavy atom. The molecular formula is C36H34N2O4. The average molecular weight is 559 g/mol. The molecule has 6 heteroatoms. The molecule has 1 aromatic heterocycles. The molecule has 0 saturated carbocycles. The molecule has 0 unspecified atom stereocenters. The maximum Gasteiger partial charge on any atom is 0.214 e. The van der Waals surface area contributed by atoms with E-state index in [2.05, 4.69) is 41.4 Å². The fourth-order valence-electron chi connectivity index (χ4n) is 5.74. The van der Waals surface area contributed by atoms with E-state index < -0.39 is 23.5 Å². The first kappa shape index (κ1) is 27.8. The minimum absolute atomic E-state index is 0.251. The van der Waals surface area contributed by atoms with Gasteiger partial charge in [0.15, 0.2) is 11.9 Å². The van der Waals surface area contributed by atoms with Crippen molar-refractivity contribution in [3.63, 3.8) is 0 Å². The minimum Gasteiger partial charge on any atom is -0.362 e. The van der Waals surface area contributed by atoms with Gasteiger partial charge >= 0.3 is 0 Å². The first-order chi connectivity index (χ1) is 20.5. The van der Waals surface area contributed by atoms with E-state index in [0.717, 1.165) is 22.3 Å². The molecule has 1 aliphatic rings. The molecule has 2 heterocycles. The number of benzene rings is 4. The van der Waals surface area contributed by atoms with E-state index in [0.29, 0.717) is 5.69 Å². The second-order valence-electron chi connectivity index (χ2n) is 10.9. The summed E-state index contributed by atoms with van der Waals surface area (Å²) in [5, 5.41) is 0. The summed E-state index contributed by atoms with van der Waals surface area (Å²) < 4.78 is 20.2. The van der Waals surface area contributed by atoms with E-state index in [9.17, 15) is 4.79 Å². The first-order valence-electron chi connectivity index (χ1n) is 14.2. The normalized spacial score (nSPS) is 17.1. The van der Waals surface area contributed by atoms with Crippen molar-refractivity contribution < 1.29 is 19.0 Å². The number of nitrogens with zero attached hydrogens (tertiary/aromatic N) is 2. The van der Waals surface area contributed by atoms with Gasteiger partial charge in [0.1, 0.15) is 17.3 Å². The second kappa shape index (κ2) is 11.9. The van der Waals surface area contributed by atoms with Crippen molar-refractivity contribution in [2.24, 2.45) is 0 Å². The van der Waals surface area contributed by atoms with Crippen LogP contribution in [-0.4, -0.2) is 39.9 Å². The highest BCUT2D eigenvalue weighted by Gasteiger charge is 2.43. The van der Waals surface area contributed by atoms with Crippen molar-refractivity contribution in [1.29, 1.82) is 0 Å². The van der Waals surface area contributed by atoms with Crippen LogP contribution in [0.5, 0.6) is 0 Å². The number of rotatable bonds is 10. The largest absolute Gasteiger partial charge is 0.362 e. The van der Waals surface area contributed by atoms with Crippen molar-refractivity contribution in [3.8, 4) is 0 Å². The summed E-state index contributed by atoms with van der Waals surface area (Å²) in [6, 6.07) is 40.7. The summed E-state index contributed by atoms with van der Waals surface area (Å²) in [7, 11) is 0. The third-order valence-electron chi connectivity index (χ3n) is 7.70. The summed E-state index contributed by atoms with van der Waals surface area (Å²) in [6.07, 6.45) is 2.11. The van der Waals surface area contributed by atoms with Crippen LogP contribution in [0.25, 0.3) is 0 Å². The Morgan fingerprint density at radius 2 is 1.36 bits per heavy atom. The molecule has 0 amide bonds.